The molecule has 1 atom stereocenters. The Kier molecular flexibility index (Phi) is 7.36. The van der Waals surface area contributed by atoms with Gasteiger partial charge in [-0.1, -0.05) is 13.8 Å². The van der Waals surface area contributed by atoms with E-state index in [2.05, 4.69) is 10.6 Å². The molecule has 0 aliphatic heterocycles. The predicted octanol–water partition coefficient (Wildman–Crippen LogP) is 3.66. The smallest absolute Gasteiger partial charge is 0.251 e. The molecule has 0 bridgehead atoms. The third-order valence-corrected chi connectivity index (χ3v) is 6.32. The molecule has 156 valence electrons. The van der Waals surface area contributed by atoms with Crippen molar-refractivity contribution >= 4 is 23.2 Å². The van der Waals surface area contributed by atoms with Crippen LogP contribution in [-0.4, -0.2) is 29.4 Å². The van der Waals surface area contributed by atoms with Crippen molar-refractivity contribution in [1.82, 2.24) is 15.6 Å². The zero-order chi connectivity index (χ0) is 20.8. The maximum absolute atomic E-state index is 13.0. The molecule has 0 saturated carbocycles. The molecule has 7 heteroatoms. The molecule has 0 spiro atoms. The van der Waals surface area contributed by atoms with Gasteiger partial charge in [0.05, 0.1) is 10.7 Å². The Hall–Kier alpha value is -2.28. The van der Waals surface area contributed by atoms with Crippen molar-refractivity contribution in [3.05, 3.63) is 51.2 Å². The van der Waals surface area contributed by atoms with Crippen LogP contribution in [0.2, 0.25) is 0 Å². The Morgan fingerprint density at radius 1 is 1.17 bits per heavy atom. The lowest BCUT2D eigenvalue weighted by Crippen LogP contribution is -2.49. The topological polar surface area (TPSA) is 71.1 Å². The molecule has 1 aliphatic rings. The molecular weight excluding hydrogens is 389 g/mol. The van der Waals surface area contributed by atoms with Gasteiger partial charge in [-0.15, -0.1) is 11.3 Å². The van der Waals surface area contributed by atoms with Gasteiger partial charge in [0, 0.05) is 23.4 Å². The number of aryl methyl sites for hydroxylation is 3. The highest BCUT2D eigenvalue weighted by Gasteiger charge is 2.24. The summed E-state index contributed by atoms with van der Waals surface area (Å²) in [7, 11) is 0. The van der Waals surface area contributed by atoms with E-state index in [0.717, 1.165) is 30.7 Å². The normalized spacial score (nSPS) is 14.3. The number of nitrogens with zero attached hydrogens (tertiary/aromatic N) is 1. The minimum atomic E-state index is -0.639. The molecule has 2 N–H and O–H groups in total. The zero-order valence-corrected chi connectivity index (χ0v) is 17.8. The minimum Gasteiger partial charge on any atom is -0.354 e. The lowest BCUT2D eigenvalue weighted by Gasteiger charge is -2.21. The molecule has 2 amide bonds. The highest BCUT2D eigenvalue weighted by Crippen LogP contribution is 2.27. The van der Waals surface area contributed by atoms with Crippen molar-refractivity contribution < 1.29 is 14.0 Å². The lowest BCUT2D eigenvalue weighted by molar-refractivity contribution is -0.123. The van der Waals surface area contributed by atoms with Gasteiger partial charge in [0.25, 0.3) is 5.91 Å². The first-order chi connectivity index (χ1) is 13.9. The van der Waals surface area contributed by atoms with Crippen LogP contribution in [0.1, 0.15) is 59.0 Å². The fraction of sp³-hybridized carbons (Fsp3) is 0.500. The van der Waals surface area contributed by atoms with Crippen molar-refractivity contribution in [1.29, 1.82) is 0 Å². The first-order valence-electron chi connectivity index (χ1n) is 10.3. The third-order valence-electron chi connectivity index (χ3n) is 5.10. The molecule has 0 radical (unpaired) electrons. The van der Waals surface area contributed by atoms with Gasteiger partial charge in [0.15, 0.2) is 0 Å². The number of carbonyl (C=O) groups excluding carboxylic acids is 2. The van der Waals surface area contributed by atoms with Crippen molar-refractivity contribution in [2.24, 2.45) is 5.92 Å². The van der Waals surface area contributed by atoms with E-state index in [0.29, 0.717) is 12.1 Å². The summed E-state index contributed by atoms with van der Waals surface area (Å²) in [4.78, 5) is 31.1. The van der Waals surface area contributed by atoms with Gasteiger partial charge in [-0.05, 0) is 62.3 Å². The molecule has 1 aromatic heterocycles. The fourth-order valence-electron chi connectivity index (χ4n) is 3.43. The van der Waals surface area contributed by atoms with Crippen molar-refractivity contribution in [2.45, 2.75) is 58.4 Å². The minimum absolute atomic E-state index is 0.0647. The van der Waals surface area contributed by atoms with E-state index in [-0.39, 0.29) is 17.7 Å². The Balaban J connectivity index is 1.47. The summed E-state index contributed by atoms with van der Waals surface area (Å²) in [6, 6.07) is 4.65. The Morgan fingerprint density at radius 3 is 2.59 bits per heavy atom. The molecular formula is C22H28FN3O2S. The molecule has 29 heavy (non-hydrogen) atoms. The van der Waals surface area contributed by atoms with Crippen LogP contribution < -0.4 is 10.6 Å². The van der Waals surface area contributed by atoms with Gasteiger partial charge in [-0.2, -0.15) is 0 Å². The molecule has 0 saturated heterocycles. The van der Waals surface area contributed by atoms with E-state index >= 15 is 0 Å². The van der Waals surface area contributed by atoms with E-state index in [1.165, 1.54) is 47.7 Å². The number of thiazole rings is 1. The second kappa shape index (κ2) is 9.96. The van der Waals surface area contributed by atoms with Crippen LogP contribution in [0.4, 0.5) is 4.39 Å². The van der Waals surface area contributed by atoms with Crippen LogP contribution in [0, 0.1) is 11.7 Å². The number of aromatic nitrogens is 1. The summed E-state index contributed by atoms with van der Waals surface area (Å²) in [5.74, 6) is -1.05. The second-order valence-corrected chi connectivity index (χ2v) is 8.95. The summed E-state index contributed by atoms with van der Waals surface area (Å²) in [5.41, 5.74) is 1.60. The standard InChI is InChI=1S/C22H28FN3O2S/c1-14(2)20(26-21(27)15-9-11-16(23)12-10-15)22(28)24-13-5-8-19-25-17-6-3-4-7-18(17)29-19/h9-12,14,20H,3-8,13H2,1-2H3,(H,24,28)(H,26,27). The Bertz CT molecular complexity index is 825. The van der Waals surface area contributed by atoms with Gasteiger partial charge in [-0.25, -0.2) is 9.37 Å². The van der Waals surface area contributed by atoms with Crippen LogP contribution in [0.25, 0.3) is 0 Å². The largest absolute Gasteiger partial charge is 0.354 e. The number of hydrogen-bond acceptors (Lipinski definition) is 4. The predicted molar refractivity (Wildman–Crippen MR) is 113 cm³/mol. The van der Waals surface area contributed by atoms with Gasteiger partial charge in [-0.3, -0.25) is 9.59 Å². The average Bonchev–Trinajstić information content (AvgIpc) is 3.12. The fourth-order valence-corrected chi connectivity index (χ4v) is 4.63. The van der Waals surface area contributed by atoms with Crippen molar-refractivity contribution in [3.8, 4) is 0 Å². The molecule has 1 aliphatic carbocycles. The van der Waals surface area contributed by atoms with E-state index in [9.17, 15) is 14.0 Å². The number of rotatable bonds is 8. The van der Waals surface area contributed by atoms with Gasteiger partial charge in [0.2, 0.25) is 5.91 Å². The number of benzene rings is 1. The number of hydrogen-bond donors (Lipinski definition) is 2. The van der Waals surface area contributed by atoms with Gasteiger partial charge >= 0.3 is 0 Å². The van der Waals surface area contributed by atoms with Crippen molar-refractivity contribution in [3.63, 3.8) is 0 Å². The van der Waals surface area contributed by atoms with E-state index in [4.69, 9.17) is 4.98 Å². The number of fused-ring (bicyclic) bond motifs is 1. The van der Waals surface area contributed by atoms with Crippen LogP contribution in [-0.2, 0) is 24.1 Å². The van der Waals surface area contributed by atoms with E-state index < -0.39 is 11.9 Å². The maximum atomic E-state index is 13.0. The first-order valence-corrected chi connectivity index (χ1v) is 11.1. The van der Waals surface area contributed by atoms with Gasteiger partial charge < -0.3 is 10.6 Å². The van der Waals surface area contributed by atoms with Crippen LogP contribution in [0.15, 0.2) is 24.3 Å². The van der Waals surface area contributed by atoms with Crippen LogP contribution in [0.3, 0.4) is 0 Å². The summed E-state index contributed by atoms with van der Waals surface area (Å²) >= 11 is 1.80. The highest BCUT2D eigenvalue weighted by atomic mass is 32.1. The summed E-state index contributed by atoms with van der Waals surface area (Å²) in [5, 5.41) is 6.83. The molecule has 3 rings (SSSR count). The second-order valence-electron chi connectivity index (χ2n) is 7.78. The maximum Gasteiger partial charge on any atom is 0.251 e. The van der Waals surface area contributed by atoms with Crippen LogP contribution in [0.5, 0.6) is 0 Å². The summed E-state index contributed by atoms with van der Waals surface area (Å²) in [6.45, 7) is 4.31. The first kappa shape index (κ1) is 21.4. The quantitative estimate of drug-likeness (QED) is 0.644. The molecule has 2 aromatic rings. The average molecular weight is 418 g/mol. The number of halogens is 1. The highest BCUT2D eigenvalue weighted by molar-refractivity contribution is 7.11. The number of amides is 2. The molecule has 5 nitrogen and oxygen atoms in total. The molecule has 1 aromatic carbocycles. The van der Waals surface area contributed by atoms with E-state index in [1.54, 1.807) is 11.3 Å². The third kappa shape index (κ3) is 5.85. The summed E-state index contributed by atoms with van der Waals surface area (Å²) < 4.78 is 13.0. The van der Waals surface area contributed by atoms with E-state index in [1.807, 2.05) is 13.8 Å². The Labute approximate surface area is 175 Å². The Morgan fingerprint density at radius 2 is 1.90 bits per heavy atom. The number of nitrogens with one attached hydrogen (secondary N) is 2. The van der Waals surface area contributed by atoms with Crippen molar-refractivity contribution in [2.75, 3.05) is 6.54 Å². The SMILES string of the molecule is CC(C)C(NC(=O)c1ccc(F)cc1)C(=O)NCCCc1nc2c(s1)CCCC2. The van der Waals surface area contributed by atoms with Gasteiger partial charge in [0.1, 0.15) is 11.9 Å². The molecule has 1 unspecified atom stereocenters. The number of carbonyl (C=O) groups is 2. The lowest BCUT2D eigenvalue weighted by atomic mass is 10.0. The monoisotopic (exact) mass is 417 g/mol. The zero-order valence-electron chi connectivity index (χ0n) is 17.0. The molecule has 1 heterocycles. The molecule has 0 fully saturated rings. The van der Waals surface area contributed by atoms with Crippen LogP contribution >= 0.6 is 11.3 Å². The summed E-state index contributed by atoms with van der Waals surface area (Å²) in [6.07, 6.45) is 6.39.